The summed E-state index contributed by atoms with van der Waals surface area (Å²) < 4.78 is 0. The Kier molecular flexibility index (Phi) is 2.78. The molecule has 0 aromatic rings. The van der Waals surface area contributed by atoms with Crippen LogP contribution in [0.4, 0.5) is 0 Å². The molecule has 1 heterocycles. The molecule has 2 aliphatic rings. The van der Waals surface area contributed by atoms with Crippen molar-refractivity contribution in [2.24, 2.45) is 11.3 Å². The summed E-state index contributed by atoms with van der Waals surface area (Å²) in [5.74, 6) is 0.971. The third-order valence-corrected chi connectivity index (χ3v) is 4.49. The molecule has 1 atom stereocenters. The topological polar surface area (TPSA) is 20.3 Å². The summed E-state index contributed by atoms with van der Waals surface area (Å²) in [5.41, 5.74) is 0.387. The van der Waals surface area contributed by atoms with E-state index >= 15 is 0 Å². The first-order chi connectivity index (χ1) is 7.04. The molecule has 1 spiro atoms. The molecule has 2 rings (SSSR count). The number of carbonyl (C=O) groups is 1. The first-order valence-corrected chi connectivity index (χ1v) is 6.30. The number of nitrogens with zero attached hydrogens (tertiary/aromatic N) is 1. The maximum absolute atomic E-state index is 12.0. The summed E-state index contributed by atoms with van der Waals surface area (Å²) in [7, 11) is 1.98. The third kappa shape index (κ3) is 1.91. The lowest BCUT2D eigenvalue weighted by Gasteiger charge is -2.45. The Morgan fingerprint density at radius 2 is 1.93 bits per heavy atom. The molecule has 1 aliphatic carbocycles. The molecule has 15 heavy (non-hydrogen) atoms. The highest BCUT2D eigenvalue weighted by Crippen LogP contribution is 2.49. The van der Waals surface area contributed by atoms with Gasteiger partial charge in [-0.15, -0.1) is 0 Å². The van der Waals surface area contributed by atoms with Gasteiger partial charge in [0.15, 0.2) is 0 Å². The normalized spacial score (nSPS) is 30.5. The molecule has 1 aliphatic heterocycles. The standard InChI is InChI=1S/C13H23NO/c1-10(2)11-8-13(6-4-5-7-13)9-12(15)14(11)3/h10-11H,4-9H2,1-3H3. The van der Waals surface area contributed by atoms with Crippen molar-refractivity contribution in [1.82, 2.24) is 4.90 Å². The highest BCUT2D eigenvalue weighted by atomic mass is 16.2. The van der Waals surface area contributed by atoms with Crippen LogP contribution in [0.15, 0.2) is 0 Å². The van der Waals surface area contributed by atoms with Crippen molar-refractivity contribution in [2.45, 2.75) is 58.4 Å². The number of hydrogen-bond donors (Lipinski definition) is 0. The second-order valence-electron chi connectivity index (χ2n) is 5.90. The Morgan fingerprint density at radius 3 is 2.47 bits per heavy atom. The lowest BCUT2D eigenvalue weighted by molar-refractivity contribution is -0.141. The van der Waals surface area contributed by atoms with E-state index in [-0.39, 0.29) is 0 Å². The van der Waals surface area contributed by atoms with E-state index in [0.29, 0.717) is 23.3 Å². The van der Waals surface area contributed by atoms with Gasteiger partial charge in [-0.25, -0.2) is 0 Å². The molecular formula is C13H23NO. The fraction of sp³-hybridized carbons (Fsp3) is 0.923. The van der Waals surface area contributed by atoms with Gasteiger partial charge in [0.05, 0.1) is 0 Å². The maximum Gasteiger partial charge on any atom is 0.223 e. The van der Waals surface area contributed by atoms with Gasteiger partial charge in [-0.2, -0.15) is 0 Å². The largest absolute Gasteiger partial charge is 0.342 e. The van der Waals surface area contributed by atoms with Gasteiger partial charge in [0.1, 0.15) is 0 Å². The van der Waals surface area contributed by atoms with Gasteiger partial charge in [0.2, 0.25) is 5.91 Å². The van der Waals surface area contributed by atoms with E-state index in [1.807, 2.05) is 11.9 Å². The number of carbonyl (C=O) groups excluding carboxylic acids is 1. The highest BCUT2D eigenvalue weighted by Gasteiger charge is 2.44. The first kappa shape index (κ1) is 11.0. The van der Waals surface area contributed by atoms with Gasteiger partial charge in [0, 0.05) is 19.5 Å². The van der Waals surface area contributed by atoms with Crippen LogP contribution in [-0.2, 0) is 4.79 Å². The van der Waals surface area contributed by atoms with Crippen LogP contribution in [0.1, 0.15) is 52.4 Å². The zero-order valence-corrected chi connectivity index (χ0v) is 10.3. The Balaban J connectivity index is 2.16. The monoisotopic (exact) mass is 209 g/mol. The minimum atomic E-state index is 0.377. The number of amides is 1. The maximum atomic E-state index is 12.0. The van der Waals surface area contributed by atoms with Crippen LogP contribution in [0.25, 0.3) is 0 Å². The molecule has 86 valence electrons. The average molecular weight is 209 g/mol. The quantitative estimate of drug-likeness (QED) is 0.650. The predicted molar refractivity (Wildman–Crippen MR) is 61.5 cm³/mol. The Morgan fingerprint density at radius 1 is 1.33 bits per heavy atom. The zero-order valence-electron chi connectivity index (χ0n) is 10.3. The van der Waals surface area contributed by atoms with Crippen molar-refractivity contribution >= 4 is 5.91 Å². The van der Waals surface area contributed by atoms with Crippen LogP contribution in [0.3, 0.4) is 0 Å². The summed E-state index contributed by atoms with van der Waals surface area (Å²) in [4.78, 5) is 14.0. The molecule has 0 aromatic carbocycles. The lowest BCUT2D eigenvalue weighted by atomic mass is 9.71. The summed E-state index contributed by atoms with van der Waals surface area (Å²) >= 11 is 0. The molecule has 0 aromatic heterocycles. The van der Waals surface area contributed by atoms with Gasteiger partial charge >= 0.3 is 0 Å². The first-order valence-electron chi connectivity index (χ1n) is 6.30. The third-order valence-electron chi connectivity index (χ3n) is 4.49. The van der Waals surface area contributed by atoms with E-state index in [4.69, 9.17) is 0 Å². The van der Waals surface area contributed by atoms with Gasteiger partial charge < -0.3 is 4.90 Å². The minimum absolute atomic E-state index is 0.377. The van der Waals surface area contributed by atoms with Crippen molar-refractivity contribution in [3.8, 4) is 0 Å². The molecule has 1 saturated carbocycles. The van der Waals surface area contributed by atoms with Crippen molar-refractivity contribution in [3.63, 3.8) is 0 Å². The second-order valence-corrected chi connectivity index (χ2v) is 5.90. The van der Waals surface area contributed by atoms with E-state index in [9.17, 15) is 4.79 Å². The number of rotatable bonds is 1. The van der Waals surface area contributed by atoms with Crippen molar-refractivity contribution < 1.29 is 4.79 Å². The fourth-order valence-electron chi connectivity index (χ4n) is 3.47. The van der Waals surface area contributed by atoms with Crippen molar-refractivity contribution in [2.75, 3.05) is 7.05 Å². The van der Waals surface area contributed by atoms with Gasteiger partial charge in [-0.1, -0.05) is 26.7 Å². The molecule has 2 heteroatoms. The highest BCUT2D eigenvalue weighted by molar-refractivity contribution is 5.78. The van der Waals surface area contributed by atoms with Crippen LogP contribution < -0.4 is 0 Å². The van der Waals surface area contributed by atoms with Gasteiger partial charge in [-0.3, -0.25) is 4.79 Å². The number of piperidine rings is 1. The van der Waals surface area contributed by atoms with E-state index in [2.05, 4.69) is 13.8 Å². The molecule has 2 fully saturated rings. The minimum Gasteiger partial charge on any atom is -0.342 e. The Labute approximate surface area is 93.0 Å². The SMILES string of the molecule is CC(C)C1CC2(CCCC2)CC(=O)N1C. The average Bonchev–Trinajstić information content (AvgIpc) is 2.60. The Hall–Kier alpha value is -0.530. The zero-order chi connectivity index (χ0) is 11.1. The molecular weight excluding hydrogens is 186 g/mol. The van der Waals surface area contributed by atoms with Crippen LogP contribution in [0.5, 0.6) is 0 Å². The number of hydrogen-bond acceptors (Lipinski definition) is 1. The summed E-state index contributed by atoms with van der Waals surface area (Å²) in [6.07, 6.45) is 7.30. The summed E-state index contributed by atoms with van der Waals surface area (Å²) in [6.45, 7) is 4.48. The summed E-state index contributed by atoms with van der Waals surface area (Å²) in [5, 5.41) is 0. The van der Waals surface area contributed by atoms with Crippen molar-refractivity contribution in [1.29, 1.82) is 0 Å². The molecule has 2 nitrogen and oxygen atoms in total. The van der Waals surface area contributed by atoms with Crippen LogP contribution in [0.2, 0.25) is 0 Å². The van der Waals surface area contributed by atoms with E-state index < -0.39 is 0 Å². The van der Waals surface area contributed by atoms with Crippen LogP contribution in [0, 0.1) is 11.3 Å². The van der Waals surface area contributed by atoms with E-state index in [1.54, 1.807) is 0 Å². The molecule has 0 radical (unpaired) electrons. The van der Waals surface area contributed by atoms with Crippen molar-refractivity contribution in [3.05, 3.63) is 0 Å². The van der Waals surface area contributed by atoms with Crippen LogP contribution in [-0.4, -0.2) is 23.9 Å². The fourth-order valence-corrected chi connectivity index (χ4v) is 3.47. The van der Waals surface area contributed by atoms with E-state index in [1.165, 1.54) is 32.1 Å². The van der Waals surface area contributed by atoms with Crippen LogP contribution >= 0.6 is 0 Å². The predicted octanol–water partition coefficient (Wildman–Crippen LogP) is 2.82. The molecule has 1 saturated heterocycles. The molecule has 1 amide bonds. The smallest absolute Gasteiger partial charge is 0.223 e. The molecule has 0 bridgehead atoms. The van der Waals surface area contributed by atoms with Gasteiger partial charge in [0.25, 0.3) is 0 Å². The van der Waals surface area contributed by atoms with E-state index in [0.717, 1.165) is 6.42 Å². The molecule has 0 N–H and O–H groups in total. The summed E-state index contributed by atoms with van der Waals surface area (Å²) in [6, 6.07) is 0.476. The second kappa shape index (κ2) is 3.80. The lowest BCUT2D eigenvalue weighted by Crippen LogP contribution is -2.50. The molecule has 1 unspecified atom stereocenters. The van der Waals surface area contributed by atoms with Gasteiger partial charge in [-0.05, 0) is 30.6 Å². The number of likely N-dealkylation sites (tertiary alicyclic amines) is 1. The Bertz CT molecular complexity index is 253.